The highest BCUT2D eigenvalue weighted by atomic mass is 16.3. The fraction of sp³-hybridized carbons (Fsp3) is 0.444. The molecule has 0 saturated carbocycles. The van der Waals surface area contributed by atoms with Gasteiger partial charge in [0.05, 0.1) is 11.8 Å². The maximum Gasteiger partial charge on any atom is 0.166 e. The molecule has 0 spiro atoms. The summed E-state index contributed by atoms with van der Waals surface area (Å²) in [5, 5.41) is 21.8. The minimum Gasteiger partial charge on any atom is -0.389 e. The van der Waals surface area contributed by atoms with Gasteiger partial charge in [0, 0.05) is 18.3 Å². The van der Waals surface area contributed by atoms with E-state index < -0.39 is 12.2 Å². The summed E-state index contributed by atoms with van der Waals surface area (Å²) in [5.74, 6) is 0. The van der Waals surface area contributed by atoms with Crippen molar-refractivity contribution in [2.24, 2.45) is 0 Å². The number of aliphatic hydroxyl groups excluding tert-OH is 2. The number of aliphatic hydroxyl groups is 2. The van der Waals surface area contributed by atoms with Crippen molar-refractivity contribution in [3.8, 4) is 0 Å². The van der Waals surface area contributed by atoms with Crippen LogP contribution < -0.4 is 5.32 Å². The predicted molar refractivity (Wildman–Crippen MR) is 51.1 cm³/mol. The highest BCUT2D eigenvalue weighted by Crippen LogP contribution is 2.16. The molecule has 5 nitrogen and oxygen atoms in total. The number of aromatic amines is 1. The Kier molecular flexibility index (Phi) is 3.82. The van der Waals surface area contributed by atoms with Crippen LogP contribution in [0.5, 0.6) is 0 Å². The second-order valence-electron chi connectivity index (χ2n) is 3.08. The number of rotatable bonds is 5. The molecule has 0 bridgehead atoms. The smallest absolute Gasteiger partial charge is 0.166 e. The van der Waals surface area contributed by atoms with Gasteiger partial charge in [0.1, 0.15) is 6.10 Å². The van der Waals surface area contributed by atoms with Crippen molar-refractivity contribution < 1.29 is 15.0 Å². The highest BCUT2D eigenvalue weighted by molar-refractivity contribution is 5.72. The van der Waals surface area contributed by atoms with Crippen LogP contribution in [0.3, 0.4) is 0 Å². The summed E-state index contributed by atoms with van der Waals surface area (Å²) in [7, 11) is 1.68. The normalized spacial score (nSPS) is 15.1. The molecule has 0 aliphatic heterocycles. The van der Waals surface area contributed by atoms with Gasteiger partial charge in [-0.05, 0) is 13.1 Å². The fourth-order valence-corrected chi connectivity index (χ4v) is 1.21. The van der Waals surface area contributed by atoms with E-state index in [4.69, 9.17) is 0 Å². The van der Waals surface area contributed by atoms with E-state index in [-0.39, 0.29) is 0 Å². The van der Waals surface area contributed by atoms with Gasteiger partial charge in [-0.3, -0.25) is 4.79 Å². The Morgan fingerprint density at radius 3 is 2.86 bits per heavy atom. The van der Waals surface area contributed by atoms with Crippen molar-refractivity contribution in [1.29, 1.82) is 0 Å². The summed E-state index contributed by atoms with van der Waals surface area (Å²) in [6.07, 6.45) is 0.302. The maximum absolute atomic E-state index is 10.4. The quantitative estimate of drug-likeness (QED) is 0.478. The fourth-order valence-electron chi connectivity index (χ4n) is 1.21. The van der Waals surface area contributed by atoms with E-state index in [1.165, 1.54) is 12.3 Å². The van der Waals surface area contributed by atoms with Crippen molar-refractivity contribution in [1.82, 2.24) is 10.3 Å². The number of likely N-dealkylation sites (N-methyl/N-ethyl adjacent to an activating group) is 1. The van der Waals surface area contributed by atoms with Crippen molar-refractivity contribution in [2.45, 2.75) is 12.2 Å². The number of hydrogen-bond acceptors (Lipinski definition) is 4. The molecule has 0 amide bonds. The first-order chi connectivity index (χ1) is 6.69. The van der Waals surface area contributed by atoms with Crippen LogP contribution in [0, 0.1) is 0 Å². The van der Waals surface area contributed by atoms with E-state index in [0.717, 1.165) is 0 Å². The molecule has 14 heavy (non-hydrogen) atoms. The molecule has 0 saturated heterocycles. The Labute approximate surface area is 81.8 Å². The molecule has 2 atom stereocenters. The number of carbonyl (C=O) groups excluding carboxylic acids is 1. The molecule has 0 aromatic carbocycles. The topological polar surface area (TPSA) is 85.3 Å². The minimum absolute atomic E-state index is 0.294. The molecule has 0 radical (unpaired) electrons. The molecule has 0 fully saturated rings. The number of carbonyl (C=O) groups is 1. The highest BCUT2D eigenvalue weighted by Gasteiger charge is 2.18. The molecule has 1 aromatic heterocycles. The van der Waals surface area contributed by atoms with Gasteiger partial charge < -0.3 is 20.5 Å². The van der Waals surface area contributed by atoms with Crippen LogP contribution in [0.25, 0.3) is 0 Å². The summed E-state index contributed by atoms with van der Waals surface area (Å²) in [6, 6.07) is 1.51. The lowest BCUT2D eigenvalue weighted by Crippen LogP contribution is -2.29. The van der Waals surface area contributed by atoms with E-state index in [2.05, 4.69) is 10.3 Å². The Morgan fingerprint density at radius 1 is 1.64 bits per heavy atom. The molecule has 1 rings (SSSR count). The van der Waals surface area contributed by atoms with E-state index >= 15 is 0 Å². The van der Waals surface area contributed by atoms with Crippen molar-refractivity contribution in [3.63, 3.8) is 0 Å². The van der Waals surface area contributed by atoms with Crippen LogP contribution in [-0.2, 0) is 0 Å². The zero-order valence-electron chi connectivity index (χ0n) is 7.90. The third kappa shape index (κ3) is 2.41. The molecule has 0 aliphatic rings. The van der Waals surface area contributed by atoms with Gasteiger partial charge in [-0.2, -0.15) is 0 Å². The van der Waals surface area contributed by atoms with Gasteiger partial charge >= 0.3 is 0 Å². The van der Waals surface area contributed by atoms with Crippen LogP contribution in [0.1, 0.15) is 22.2 Å². The lowest BCUT2D eigenvalue weighted by molar-refractivity contribution is 0.0203. The number of aldehydes is 1. The van der Waals surface area contributed by atoms with Gasteiger partial charge in [-0.1, -0.05) is 0 Å². The summed E-state index contributed by atoms with van der Waals surface area (Å²) < 4.78 is 0. The average Bonchev–Trinajstić information content (AvgIpc) is 2.65. The van der Waals surface area contributed by atoms with E-state index in [1.54, 1.807) is 7.05 Å². The number of nitrogens with one attached hydrogen (secondary N) is 2. The molecular weight excluding hydrogens is 184 g/mol. The third-order valence-corrected chi connectivity index (χ3v) is 1.97. The number of aromatic nitrogens is 1. The van der Waals surface area contributed by atoms with E-state index in [1.807, 2.05) is 0 Å². The molecule has 1 heterocycles. The zero-order valence-corrected chi connectivity index (χ0v) is 7.90. The standard InChI is InChI=1S/C9H14N2O3/c1-10-4-8(13)9(14)6-2-7(5-12)11-3-6/h2-3,5,8-11,13-14H,4H2,1H3. The van der Waals surface area contributed by atoms with Crippen LogP contribution in [-0.4, -0.2) is 41.2 Å². The Balaban J connectivity index is 2.67. The first kappa shape index (κ1) is 10.9. The summed E-state index contributed by atoms with van der Waals surface area (Å²) in [4.78, 5) is 13.0. The van der Waals surface area contributed by atoms with Crippen molar-refractivity contribution in [2.75, 3.05) is 13.6 Å². The minimum atomic E-state index is -0.979. The molecule has 1 aromatic rings. The van der Waals surface area contributed by atoms with Crippen LogP contribution in [0.2, 0.25) is 0 Å². The van der Waals surface area contributed by atoms with Crippen molar-refractivity contribution in [3.05, 3.63) is 23.5 Å². The molecule has 4 N–H and O–H groups in total. The summed E-state index contributed by atoms with van der Waals surface area (Å²) >= 11 is 0. The summed E-state index contributed by atoms with van der Waals surface area (Å²) in [6.45, 7) is 0.294. The largest absolute Gasteiger partial charge is 0.389 e. The van der Waals surface area contributed by atoms with Crippen LogP contribution in [0.15, 0.2) is 12.3 Å². The van der Waals surface area contributed by atoms with Gasteiger partial charge in [0.15, 0.2) is 6.29 Å². The number of hydrogen-bond donors (Lipinski definition) is 4. The molecule has 78 valence electrons. The average molecular weight is 198 g/mol. The Morgan fingerprint density at radius 2 is 2.36 bits per heavy atom. The third-order valence-electron chi connectivity index (χ3n) is 1.97. The van der Waals surface area contributed by atoms with E-state index in [9.17, 15) is 15.0 Å². The Bertz CT molecular complexity index is 298. The summed E-state index contributed by atoms with van der Waals surface area (Å²) in [5.41, 5.74) is 0.894. The van der Waals surface area contributed by atoms with Gasteiger partial charge in [0.2, 0.25) is 0 Å². The van der Waals surface area contributed by atoms with Gasteiger partial charge in [0.25, 0.3) is 0 Å². The zero-order chi connectivity index (χ0) is 10.6. The van der Waals surface area contributed by atoms with Crippen molar-refractivity contribution >= 4 is 6.29 Å². The predicted octanol–water partition coefficient (Wildman–Crippen LogP) is -0.559. The van der Waals surface area contributed by atoms with Gasteiger partial charge in [-0.25, -0.2) is 0 Å². The second kappa shape index (κ2) is 4.90. The first-order valence-corrected chi connectivity index (χ1v) is 4.33. The molecular formula is C9H14N2O3. The lowest BCUT2D eigenvalue weighted by Gasteiger charge is -2.15. The van der Waals surface area contributed by atoms with Crippen LogP contribution >= 0.6 is 0 Å². The second-order valence-corrected chi connectivity index (χ2v) is 3.08. The molecule has 0 aliphatic carbocycles. The number of H-pyrrole nitrogens is 1. The molecule has 5 heteroatoms. The van der Waals surface area contributed by atoms with E-state index in [0.29, 0.717) is 24.1 Å². The van der Waals surface area contributed by atoms with Crippen LogP contribution in [0.4, 0.5) is 0 Å². The monoisotopic (exact) mass is 198 g/mol. The first-order valence-electron chi connectivity index (χ1n) is 4.33. The Hall–Kier alpha value is -1.17. The van der Waals surface area contributed by atoms with Gasteiger partial charge in [-0.15, -0.1) is 0 Å². The maximum atomic E-state index is 10.4. The molecule has 2 unspecified atom stereocenters. The lowest BCUT2D eigenvalue weighted by atomic mass is 10.1. The SMILES string of the molecule is CNCC(O)C(O)c1c[nH]c(C=O)c1.